The van der Waals surface area contributed by atoms with Crippen molar-refractivity contribution in [3.8, 4) is 0 Å². The Kier molecular flexibility index (Phi) is 11.8. The molecule has 0 unspecified atom stereocenters. The van der Waals surface area contributed by atoms with Crippen LogP contribution < -0.4 is 5.32 Å². The van der Waals surface area contributed by atoms with Crippen LogP contribution in [0.4, 0.5) is 0 Å². The van der Waals surface area contributed by atoms with E-state index in [0.717, 1.165) is 32.1 Å². The van der Waals surface area contributed by atoms with Gasteiger partial charge in [-0.15, -0.1) is 6.58 Å². The standard InChI is InChI=1S/C15H27NO4/c1-4-6-7-8-9-10-11-13(15(18)19-3)16-14(17)12-20-5-2/h4,13H,1,5-12H2,2-3H3,(H,16,17)/t13-/m0/s1. The van der Waals surface area contributed by atoms with E-state index in [9.17, 15) is 9.59 Å². The summed E-state index contributed by atoms with van der Waals surface area (Å²) < 4.78 is 9.71. The number of carbonyl (C=O) groups is 2. The number of carbonyl (C=O) groups excluding carboxylic acids is 2. The lowest BCUT2D eigenvalue weighted by Gasteiger charge is -2.16. The number of unbranched alkanes of at least 4 members (excludes halogenated alkanes) is 4. The molecule has 0 aromatic rings. The Morgan fingerprint density at radius 2 is 1.95 bits per heavy atom. The molecule has 0 saturated heterocycles. The summed E-state index contributed by atoms with van der Waals surface area (Å²) in [6.07, 6.45) is 7.65. The lowest BCUT2D eigenvalue weighted by atomic mass is 10.1. The van der Waals surface area contributed by atoms with Crippen molar-refractivity contribution < 1.29 is 19.1 Å². The zero-order valence-electron chi connectivity index (χ0n) is 12.7. The fourth-order valence-corrected chi connectivity index (χ4v) is 1.81. The SMILES string of the molecule is C=CCCCCCC[C@H](NC(=O)COCC)C(=O)OC. The summed E-state index contributed by atoms with van der Waals surface area (Å²) >= 11 is 0. The van der Waals surface area contributed by atoms with Crippen molar-refractivity contribution >= 4 is 11.9 Å². The number of hydrogen-bond donors (Lipinski definition) is 1. The number of rotatable bonds is 12. The van der Waals surface area contributed by atoms with E-state index in [1.807, 2.05) is 13.0 Å². The third-order valence-corrected chi connectivity index (χ3v) is 2.91. The molecule has 0 aromatic carbocycles. The Labute approximate surface area is 121 Å². The molecule has 0 aliphatic rings. The first kappa shape index (κ1) is 18.6. The van der Waals surface area contributed by atoms with E-state index < -0.39 is 12.0 Å². The molecular weight excluding hydrogens is 258 g/mol. The normalized spacial score (nSPS) is 11.7. The summed E-state index contributed by atoms with van der Waals surface area (Å²) in [5.74, 6) is -0.685. The minimum absolute atomic E-state index is 0.0245. The molecule has 1 amide bonds. The van der Waals surface area contributed by atoms with Gasteiger partial charge in [-0.05, 0) is 26.2 Å². The average Bonchev–Trinajstić information content (AvgIpc) is 2.46. The molecule has 1 atom stereocenters. The zero-order valence-corrected chi connectivity index (χ0v) is 12.7. The Bertz CT molecular complexity index is 292. The average molecular weight is 285 g/mol. The number of hydrogen-bond acceptors (Lipinski definition) is 4. The van der Waals surface area contributed by atoms with Crippen LogP contribution >= 0.6 is 0 Å². The minimum Gasteiger partial charge on any atom is -0.467 e. The van der Waals surface area contributed by atoms with Crippen LogP contribution in [-0.4, -0.2) is 38.2 Å². The van der Waals surface area contributed by atoms with Crippen molar-refractivity contribution in [1.29, 1.82) is 0 Å². The van der Waals surface area contributed by atoms with Crippen LogP contribution in [0.2, 0.25) is 0 Å². The van der Waals surface area contributed by atoms with Gasteiger partial charge in [-0.1, -0.05) is 25.3 Å². The van der Waals surface area contributed by atoms with Gasteiger partial charge in [-0.3, -0.25) is 4.79 Å². The molecule has 0 saturated carbocycles. The molecular formula is C15H27NO4. The van der Waals surface area contributed by atoms with Crippen molar-refractivity contribution in [2.24, 2.45) is 0 Å². The molecule has 116 valence electrons. The maximum absolute atomic E-state index is 11.6. The van der Waals surface area contributed by atoms with Crippen molar-refractivity contribution in [1.82, 2.24) is 5.32 Å². The van der Waals surface area contributed by atoms with Crippen molar-refractivity contribution in [3.05, 3.63) is 12.7 Å². The van der Waals surface area contributed by atoms with Crippen LogP contribution in [0, 0.1) is 0 Å². The number of nitrogens with one attached hydrogen (secondary N) is 1. The summed E-state index contributed by atoms with van der Waals surface area (Å²) in [5, 5.41) is 2.65. The fourth-order valence-electron chi connectivity index (χ4n) is 1.81. The molecule has 5 heteroatoms. The summed E-state index contributed by atoms with van der Waals surface area (Å²) in [6.45, 7) is 5.94. The first-order valence-corrected chi connectivity index (χ1v) is 7.21. The van der Waals surface area contributed by atoms with E-state index in [4.69, 9.17) is 9.47 Å². The van der Waals surface area contributed by atoms with E-state index in [1.54, 1.807) is 0 Å². The number of amides is 1. The molecule has 0 aliphatic heterocycles. The molecule has 0 bridgehead atoms. The number of esters is 1. The number of allylic oxidation sites excluding steroid dienone is 1. The quantitative estimate of drug-likeness (QED) is 0.339. The molecule has 0 aliphatic carbocycles. The van der Waals surface area contributed by atoms with Gasteiger partial charge in [0.05, 0.1) is 7.11 Å². The molecule has 20 heavy (non-hydrogen) atoms. The lowest BCUT2D eigenvalue weighted by Crippen LogP contribution is -2.43. The zero-order chi connectivity index (χ0) is 15.2. The largest absolute Gasteiger partial charge is 0.467 e. The van der Waals surface area contributed by atoms with Gasteiger partial charge in [0.15, 0.2) is 0 Å². The highest BCUT2D eigenvalue weighted by molar-refractivity contribution is 5.84. The minimum atomic E-state index is -0.577. The van der Waals surface area contributed by atoms with E-state index in [2.05, 4.69) is 11.9 Å². The third-order valence-electron chi connectivity index (χ3n) is 2.91. The van der Waals surface area contributed by atoms with Crippen molar-refractivity contribution in [2.75, 3.05) is 20.3 Å². The number of ether oxygens (including phenoxy) is 2. The Hall–Kier alpha value is -1.36. The predicted octanol–water partition coefficient (Wildman–Crippen LogP) is 2.21. The summed E-state index contributed by atoms with van der Waals surface area (Å²) in [4.78, 5) is 23.1. The van der Waals surface area contributed by atoms with Crippen LogP contribution in [0.5, 0.6) is 0 Å². The first-order valence-electron chi connectivity index (χ1n) is 7.21. The topological polar surface area (TPSA) is 64.6 Å². The highest BCUT2D eigenvalue weighted by Gasteiger charge is 2.20. The van der Waals surface area contributed by atoms with Gasteiger partial charge in [0.25, 0.3) is 0 Å². The monoisotopic (exact) mass is 285 g/mol. The maximum atomic E-state index is 11.6. The van der Waals surface area contributed by atoms with Crippen molar-refractivity contribution in [3.63, 3.8) is 0 Å². The molecule has 0 radical (unpaired) electrons. The van der Waals surface area contributed by atoms with Crippen LogP contribution in [0.3, 0.4) is 0 Å². The number of methoxy groups -OCH3 is 1. The molecule has 0 aromatic heterocycles. The molecule has 5 nitrogen and oxygen atoms in total. The summed E-state index contributed by atoms with van der Waals surface area (Å²) in [7, 11) is 1.33. The second-order valence-electron chi connectivity index (χ2n) is 4.56. The van der Waals surface area contributed by atoms with E-state index in [1.165, 1.54) is 7.11 Å². The molecule has 0 heterocycles. The lowest BCUT2D eigenvalue weighted by molar-refractivity contribution is -0.145. The first-order chi connectivity index (χ1) is 9.65. The second kappa shape index (κ2) is 12.7. The predicted molar refractivity (Wildman–Crippen MR) is 78.3 cm³/mol. The van der Waals surface area contributed by atoms with Gasteiger partial charge in [-0.25, -0.2) is 4.79 Å². The third kappa shape index (κ3) is 9.55. The van der Waals surface area contributed by atoms with Gasteiger partial charge in [0.1, 0.15) is 12.6 Å². The highest BCUT2D eigenvalue weighted by atomic mass is 16.5. The van der Waals surface area contributed by atoms with Crippen LogP contribution in [0.15, 0.2) is 12.7 Å². The Morgan fingerprint density at radius 3 is 2.55 bits per heavy atom. The van der Waals surface area contributed by atoms with Gasteiger partial charge in [0, 0.05) is 6.61 Å². The fraction of sp³-hybridized carbons (Fsp3) is 0.733. The summed E-state index contributed by atoms with van der Waals surface area (Å²) in [5.41, 5.74) is 0. The highest BCUT2D eigenvalue weighted by Crippen LogP contribution is 2.08. The summed E-state index contributed by atoms with van der Waals surface area (Å²) in [6, 6.07) is -0.577. The van der Waals surface area contributed by atoms with Crippen LogP contribution in [0.1, 0.15) is 45.4 Å². The van der Waals surface area contributed by atoms with Gasteiger partial charge in [0.2, 0.25) is 5.91 Å². The van der Waals surface area contributed by atoms with Gasteiger partial charge in [-0.2, -0.15) is 0 Å². The van der Waals surface area contributed by atoms with E-state index >= 15 is 0 Å². The van der Waals surface area contributed by atoms with Crippen LogP contribution in [-0.2, 0) is 19.1 Å². The molecule has 0 spiro atoms. The van der Waals surface area contributed by atoms with E-state index in [-0.39, 0.29) is 12.5 Å². The van der Waals surface area contributed by atoms with Crippen molar-refractivity contribution in [2.45, 2.75) is 51.5 Å². The maximum Gasteiger partial charge on any atom is 0.328 e. The Morgan fingerprint density at radius 1 is 1.25 bits per heavy atom. The van der Waals surface area contributed by atoms with E-state index in [0.29, 0.717) is 13.0 Å². The van der Waals surface area contributed by atoms with Gasteiger partial charge < -0.3 is 14.8 Å². The molecule has 0 rings (SSSR count). The molecule has 0 fully saturated rings. The smallest absolute Gasteiger partial charge is 0.328 e. The van der Waals surface area contributed by atoms with Gasteiger partial charge >= 0.3 is 5.97 Å². The second-order valence-corrected chi connectivity index (χ2v) is 4.56. The molecule has 1 N–H and O–H groups in total. The van der Waals surface area contributed by atoms with Crippen LogP contribution in [0.25, 0.3) is 0 Å². The Balaban J connectivity index is 3.99.